The third-order valence-electron chi connectivity index (χ3n) is 6.93. The summed E-state index contributed by atoms with van der Waals surface area (Å²) in [6.45, 7) is 4.52. The van der Waals surface area contributed by atoms with Crippen molar-refractivity contribution in [3.63, 3.8) is 0 Å². The smallest absolute Gasteiger partial charge is 0.275 e. The molecule has 0 spiro atoms. The topological polar surface area (TPSA) is 98.8 Å². The molecule has 8 nitrogen and oxygen atoms in total. The van der Waals surface area contributed by atoms with Gasteiger partial charge in [0.25, 0.3) is 5.91 Å². The normalized spacial score (nSPS) is 17.7. The Bertz CT molecular complexity index is 1680. The molecule has 3 heterocycles. The van der Waals surface area contributed by atoms with Gasteiger partial charge in [0, 0.05) is 39.5 Å². The van der Waals surface area contributed by atoms with Crippen LogP contribution in [0.3, 0.4) is 0 Å². The zero-order valence-electron chi connectivity index (χ0n) is 22.9. The van der Waals surface area contributed by atoms with Gasteiger partial charge in [0.1, 0.15) is 23.1 Å². The average Bonchev–Trinajstić information content (AvgIpc) is 3.47. The Morgan fingerprint density at radius 2 is 1.93 bits per heavy atom. The van der Waals surface area contributed by atoms with E-state index in [9.17, 15) is 9.59 Å². The number of ether oxygens (including phenoxy) is 3. The van der Waals surface area contributed by atoms with Crippen LogP contribution in [0.25, 0.3) is 5.70 Å². The van der Waals surface area contributed by atoms with E-state index in [0.29, 0.717) is 34.4 Å². The second-order valence-corrected chi connectivity index (χ2v) is 11.5. The van der Waals surface area contributed by atoms with Crippen molar-refractivity contribution >= 4 is 34.4 Å². The lowest BCUT2D eigenvalue weighted by molar-refractivity contribution is 0.0906. The largest absolute Gasteiger partial charge is 0.497 e. The molecule has 0 saturated carbocycles. The molecule has 0 saturated heterocycles. The number of ketones is 1. The number of hydrogen-bond acceptors (Lipinski definition) is 8. The van der Waals surface area contributed by atoms with Gasteiger partial charge in [0.05, 0.1) is 7.11 Å². The third-order valence-corrected chi connectivity index (χ3v) is 7.87. The van der Waals surface area contributed by atoms with E-state index in [1.807, 2.05) is 42.5 Å². The van der Waals surface area contributed by atoms with Crippen molar-refractivity contribution in [2.24, 2.45) is 0 Å². The Labute approximate surface area is 242 Å². The van der Waals surface area contributed by atoms with Gasteiger partial charge in [-0.2, -0.15) is 0 Å². The minimum atomic E-state index is -0.395. The van der Waals surface area contributed by atoms with Gasteiger partial charge in [-0.3, -0.25) is 9.59 Å². The summed E-state index contributed by atoms with van der Waals surface area (Å²) in [6.07, 6.45) is 2.04. The summed E-state index contributed by atoms with van der Waals surface area (Å²) < 4.78 is 17.2. The van der Waals surface area contributed by atoms with Crippen LogP contribution in [-0.2, 0) is 6.42 Å². The molecule has 2 N–H and O–H groups in total. The van der Waals surface area contributed by atoms with Crippen molar-refractivity contribution in [2.45, 2.75) is 31.9 Å². The van der Waals surface area contributed by atoms with Crippen LogP contribution in [0.1, 0.15) is 56.9 Å². The van der Waals surface area contributed by atoms with Gasteiger partial charge in [-0.15, -0.1) is 11.3 Å². The van der Waals surface area contributed by atoms with Gasteiger partial charge < -0.3 is 24.8 Å². The first-order valence-electron chi connectivity index (χ1n) is 13.2. The monoisotopic (exact) mass is 567 g/mol. The van der Waals surface area contributed by atoms with Gasteiger partial charge in [-0.25, -0.2) is 4.98 Å². The van der Waals surface area contributed by atoms with Crippen LogP contribution in [0.4, 0.5) is 5.69 Å². The van der Waals surface area contributed by atoms with Crippen LogP contribution in [0.2, 0.25) is 0 Å². The number of para-hydroxylation sites is 2. The van der Waals surface area contributed by atoms with Gasteiger partial charge in [0.15, 0.2) is 23.4 Å². The van der Waals surface area contributed by atoms with Crippen molar-refractivity contribution in [3.05, 3.63) is 106 Å². The molecule has 1 unspecified atom stereocenters. The Balaban J connectivity index is 1.17. The highest BCUT2D eigenvalue weighted by molar-refractivity contribution is 7.09. The number of amides is 1. The Hall–Kier alpha value is -4.63. The fraction of sp³-hybridized carbons (Fsp3) is 0.219. The first kappa shape index (κ1) is 26.6. The summed E-state index contributed by atoms with van der Waals surface area (Å²) in [6, 6.07) is 20.3. The average molecular weight is 568 g/mol. The standard InChI is InChI=1S/C32H29N3O5S/c1-32(2)16-20-11-12-22(38-3)14-23(20)24(35-32)15-26(36)19-7-6-8-21(13-19)33-30(37)25-18-41-31(34-25)29-17-39-27-9-4-5-10-28(27)40-29/h4-15,18,29,35H,16-17H2,1-3H3,(H,33,37)/b24-15-. The number of hydrogen-bond donors (Lipinski definition) is 2. The number of nitrogens with zero attached hydrogens (tertiary/aromatic N) is 1. The number of nitrogens with one attached hydrogen (secondary N) is 2. The molecule has 1 aromatic heterocycles. The first-order chi connectivity index (χ1) is 19.8. The molecular formula is C32H29N3O5S. The summed E-state index contributed by atoms with van der Waals surface area (Å²) >= 11 is 1.34. The summed E-state index contributed by atoms with van der Waals surface area (Å²) in [5, 5.41) is 8.70. The SMILES string of the molecule is COc1ccc2c(c1)/C(=C/C(=O)c1cccc(NC(=O)c3csc(C4COc5ccccc5O4)n3)c1)NC(C)(C)C2. The molecule has 2 aliphatic rings. The number of carbonyl (C=O) groups excluding carboxylic acids is 2. The number of anilines is 1. The van der Waals surface area contributed by atoms with Crippen molar-refractivity contribution in [1.82, 2.24) is 10.3 Å². The van der Waals surface area contributed by atoms with Crippen LogP contribution in [0, 0.1) is 0 Å². The molecule has 2 aliphatic heterocycles. The van der Waals surface area contributed by atoms with Gasteiger partial charge in [-0.05, 0) is 62.2 Å². The number of benzene rings is 3. The molecule has 9 heteroatoms. The fourth-order valence-electron chi connectivity index (χ4n) is 4.99. The van der Waals surface area contributed by atoms with Crippen molar-refractivity contribution in [1.29, 1.82) is 0 Å². The van der Waals surface area contributed by atoms with Gasteiger partial charge in [-0.1, -0.05) is 30.3 Å². The van der Waals surface area contributed by atoms with Crippen LogP contribution in [-0.4, -0.2) is 35.9 Å². The molecule has 1 atom stereocenters. The molecule has 6 rings (SSSR count). The van der Waals surface area contributed by atoms with E-state index in [1.165, 1.54) is 11.3 Å². The molecule has 3 aromatic carbocycles. The molecule has 0 radical (unpaired) electrons. The van der Waals surface area contributed by atoms with E-state index in [1.54, 1.807) is 42.8 Å². The highest BCUT2D eigenvalue weighted by atomic mass is 32.1. The van der Waals surface area contributed by atoms with Crippen LogP contribution >= 0.6 is 11.3 Å². The molecule has 0 bridgehead atoms. The second-order valence-electron chi connectivity index (χ2n) is 10.6. The van der Waals surface area contributed by atoms with Crippen LogP contribution < -0.4 is 24.8 Å². The molecule has 41 heavy (non-hydrogen) atoms. The minimum Gasteiger partial charge on any atom is -0.497 e. The van der Waals surface area contributed by atoms with Gasteiger partial charge >= 0.3 is 0 Å². The molecule has 0 fully saturated rings. The minimum absolute atomic E-state index is 0.180. The number of allylic oxidation sites excluding steroid dienone is 1. The zero-order valence-corrected chi connectivity index (χ0v) is 23.7. The molecule has 1 amide bonds. The van der Waals surface area contributed by atoms with E-state index in [0.717, 1.165) is 29.0 Å². The predicted octanol–water partition coefficient (Wildman–Crippen LogP) is 6.06. The van der Waals surface area contributed by atoms with Gasteiger partial charge in [0.2, 0.25) is 0 Å². The molecule has 4 aromatic rings. The summed E-state index contributed by atoms with van der Waals surface area (Å²) in [5.74, 6) is 1.52. The maximum Gasteiger partial charge on any atom is 0.275 e. The number of fused-ring (bicyclic) bond motifs is 2. The molecule has 0 aliphatic carbocycles. The summed E-state index contributed by atoms with van der Waals surface area (Å²) in [4.78, 5) is 30.9. The Kier molecular flexibility index (Phi) is 6.96. The maximum atomic E-state index is 13.4. The van der Waals surface area contributed by atoms with E-state index >= 15 is 0 Å². The van der Waals surface area contributed by atoms with Crippen LogP contribution in [0.5, 0.6) is 17.2 Å². The first-order valence-corrected chi connectivity index (χ1v) is 14.1. The third kappa shape index (κ3) is 5.67. The van der Waals surface area contributed by atoms with E-state index in [-0.39, 0.29) is 22.9 Å². The van der Waals surface area contributed by atoms with Crippen molar-refractivity contribution < 1.29 is 23.8 Å². The zero-order chi connectivity index (χ0) is 28.6. The van der Waals surface area contributed by atoms with E-state index in [2.05, 4.69) is 29.5 Å². The lowest BCUT2D eigenvalue weighted by Crippen LogP contribution is -2.43. The lowest BCUT2D eigenvalue weighted by Gasteiger charge is -2.35. The van der Waals surface area contributed by atoms with E-state index in [4.69, 9.17) is 14.2 Å². The Morgan fingerprint density at radius 1 is 1.10 bits per heavy atom. The fourth-order valence-corrected chi connectivity index (χ4v) is 5.81. The van der Waals surface area contributed by atoms with Crippen molar-refractivity contribution in [2.75, 3.05) is 19.0 Å². The number of methoxy groups -OCH3 is 1. The van der Waals surface area contributed by atoms with Crippen molar-refractivity contribution in [3.8, 4) is 17.2 Å². The number of aromatic nitrogens is 1. The Morgan fingerprint density at radius 3 is 2.76 bits per heavy atom. The second kappa shape index (κ2) is 10.7. The quantitative estimate of drug-likeness (QED) is 0.216. The lowest BCUT2D eigenvalue weighted by atomic mass is 9.85. The number of thiazole rings is 1. The highest BCUT2D eigenvalue weighted by Crippen LogP contribution is 2.37. The predicted molar refractivity (Wildman–Crippen MR) is 158 cm³/mol. The summed E-state index contributed by atoms with van der Waals surface area (Å²) in [7, 11) is 1.62. The highest BCUT2D eigenvalue weighted by Gasteiger charge is 2.29. The van der Waals surface area contributed by atoms with E-state index < -0.39 is 6.10 Å². The molecule has 208 valence electrons. The maximum absolute atomic E-state index is 13.4. The summed E-state index contributed by atoms with van der Waals surface area (Å²) in [5.41, 5.74) is 3.83. The van der Waals surface area contributed by atoms with Crippen LogP contribution in [0.15, 0.2) is 78.2 Å². The number of carbonyl (C=O) groups is 2. The molecular weight excluding hydrogens is 538 g/mol. The number of rotatable bonds is 6.